The van der Waals surface area contributed by atoms with Crippen molar-refractivity contribution < 1.29 is 4.79 Å². The lowest BCUT2D eigenvalue weighted by molar-refractivity contribution is 0.205. The first-order valence-corrected chi connectivity index (χ1v) is 8.54. The number of benzene rings is 2. The molecule has 3 rings (SSSR count). The summed E-state index contributed by atoms with van der Waals surface area (Å²) in [5, 5.41) is 11.7. The van der Waals surface area contributed by atoms with E-state index in [0.717, 1.165) is 29.0 Å². The molecule has 6 heteroatoms. The number of fused-ring (bicyclic) bond motifs is 1. The number of hydrogen-bond acceptors (Lipinski definition) is 3. The predicted molar refractivity (Wildman–Crippen MR) is 100 cm³/mol. The number of imidazole rings is 1. The van der Waals surface area contributed by atoms with Crippen LogP contribution in [0.15, 0.2) is 48.5 Å². The second-order valence-corrected chi connectivity index (χ2v) is 6.08. The average Bonchev–Trinajstić information content (AvgIpc) is 3.03. The Morgan fingerprint density at radius 2 is 1.96 bits per heavy atom. The zero-order chi connectivity index (χ0) is 18.5. The van der Waals surface area contributed by atoms with Gasteiger partial charge in [-0.15, -0.1) is 0 Å². The van der Waals surface area contributed by atoms with Gasteiger partial charge < -0.3 is 14.8 Å². The molecule has 26 heavy (non-hydrogen) atoms. The Kier molecular flexibility index (Phi) is 5.18. The smallest absolute Gasteiger partial charge is 0.317 e. The summed E-state index contributed by atoms with van der Waals surface area (Å²) in [5.41, 5.74) is 3.58. The number of urea groups is 1. The molecule has 1 N–H and O–H groups in total. The van der Waals surface area contributed by atoms with E-state index in [4.69, 9.17) is 5.26 Å². The van der Waals surface area contributed by atoms with Crippen LogP contribution in [-0.2, 0) is 19.6 Å². The SMILES string of the molecule is CCn1c(CN(C)C(=O)NCc2ccc(C#N)cc2)nc2ccccc21. The maximum Gasteiger partial charge on any atom is 0.317 e. The average molecular weight is 347 g/mol. The largest absolute Gasteiger partial charge is 0.334 e. The monoisotopic (exact) mass is 347 g/mol. The van der Waals surface area contributed by atoms with Crippen LogP contribution in [0.5, 0.6) is 0 Å². The fourth-order valence-electron chi connectivity index (χ4n) is 2.89. The topological polar surface area (TPSA) is 74.0 Å². The summed E-state index contributed by atoms with van der Waals surface area (Å²) < 4.78 is 2.12. The summed E-state index contributed by atoms with van der Waals surface area (Å²) in [4.78, 5) is 18.7. The van der Waals surface area contributed by atoms with Crippen LogP contribution in [0.25, 0.3) is 11.0 Å². The van der Waals surface area contributed by atoms with E-state index in [1.54, 1.807) is 24.1 Å². The Labute approximate surface area is 152 Å². The molecule has 0 aliphatic rings. The lowest BCUT2D eigenvalue weighted by atomic mass is 10.1. The number of nitriles is 1. The standard InChI is InChI=1S/C20H21N5O/c1-3-25-18-7-5-4-6-17(18)23-19(25)14-24(2)20(26)22-13-16-10-8-15(12-21)9-11-16/h4-11H,3,13-14H2,1-2H3,(H,22,26). The summed E-state index contributed by atoms with van der Waals surface area (Å²) >= 11 is 0. The van der Waals surface area contributed by atoms with Gasteiger partial charge in [0.1, 0.15) is 5.82 Å². The first-order valence-electron chi connectivity index (χ1n) is 8.54. The number of aromatic nitrogens is 2. The third-order valence-corrected chi connectivity index (χ3v) is 4.30. The van der Waals surface area contributed by atoms with E-state index in [0.29, 0.717) is 18.7 Å². The minimum absolute atomic E-state index is 0.163. The van der Waals surface area contributed by atoms with Gasteiger partial charge in [-0.3, -0.25) is 0 Å². The minimum atomic E-state index is -0.163. The Morgan fingerprint density at radius 1 is 1.23 bits per heavy atom. The Bertz CT molecular complexity index is 952. The van der Waals surface area contributed by atoms with Crippen molar-refractivity contribution in [3.05, 3.63) is 65.5 Å². The molecule has 1 aromatic heterocycles. The molecule has 0 aliphatic carbocycles. The molecule has 0 radical (unpaired) electrons. The van der Waals surface area contributed by atoms with Crippen molar-refractivity contribution in [1.82, 2.24) is 19.8 Å². The first-order chi connectivity index (χ1) is 12.6. The van der Waals surface area contributed by atoms with Crippen molar-refractivity contribution in [3.8, 4) is 6.07 Å². The molecule has 0 fully saturated rings. The number of nitrogens with one attached hydrogen (secondary N) is 1. The molecule has 3 aromatic rings. The molecule has 0 spiro atoms. The van der Waals surface area contributed by atoms with Gasteiger partial charge in [0.2, 0.25) is 0 Å². The number of aryl methyl sites for hydroxylation is 1. The van der Waals surface area contributed by atoms with Crippen LogP contribution in [0, 0.1) is 11.3 Å². The fraction of sp³-hybridized carbons (Fsp3) is 0.250. The van der Waals surface area contributed by atoms with Crippen molar-refractivity contribution in [2.24, 2.45) is 0 Å². The summed E-state index contributed by atoms with van der Waals surface area (Å²) in [7, 11) is 1.76. The van der Waals surface area contributed by atoms with E-state index in [9.17, 15) is 4.79 Å². The van der Waals surface area contributed by atoms with Gasteiger partial charge in [-0.2, -0.15) is 5.26 Å². The lowest BCUT2D eigenvalue weighted by Gasteiger charge is -2.18. The Hall–Kier alpha value is -3.33. The zero-order valence-electron chi connectivity index (χ0n) is 14.9. The molecule has 132 valence electrons. The molecule has 0 aliphatic heterocycles. The lowest BCUT2D eigenvalue weighted by Crippen LogP contribution is -2.37. The van der Waals surface area contributed by atoms with Crippen LogP contribution in [-0.4, -0.2) is 27.5 Å². The summed E-state index contributed by atoms with van der Waals surface area (Å²) in [6.07, 6.45) is 0. The van der Waals surface area contributed by atoms with Gasteiger partial charge in [-0.1, -0.05) is 24.3 Å². The van der Waals surface area contributed by atoms with Crippen LogP contribution in [0.3, 0.4) is 0 Å². The first kappa shape index (κ1) is 17.5. The number of carbonyl (C=O) groups is 1. The number of rotatable bonds is 5. The highest BCUT2D eigenvalue weighted by atomic mass is 16.2. The quantitative estimate of drug-likeness (QED) is 0.770. The highest BCUT2D eigenvalue weighted by Gasteiger charge is 2.14. The van der Waals surface area contributed by atoms with Gasteiger partial charge in [0.25, 0.3) is 0 Å². The van der Waals surface area contributed by atoms with Gasteiger partial charge >= 0.3 is 6.03 Å². The van der Waals surface area contributed by atoms with Gasteiger partial charge in [-0.25, -0.2) is 9.78 Å². The molecule has 2 aromatic carbocycles. The number of nitrogens with zero attached hydrogens (tertiary/aromatic N) is 4. The highest BCUT2D eigenvalue weighted by molar-refractivity contribution is 5.76. The van der Waals surface area contributed by atoms with E-state index in [-0.39, 0.29) is 6.03 Å². The van der Waals surface area contributed by atoms with Gasteiger partial charge in [-0.05, 0) is 36.8 Å². The number of carbonyl (C=O) groups excluding carboxylic acids is 1. The van der Waals surface area contributed by atoms with Crippen molar-refractivity contribution in [1.29, 1.82) is 5.26 Å². The Balaban J connectivity index is 1.64. The van der Waals surface area contributed by atoms with Crippen molar-refractivity contribution in [2.75, 3.05) is 7.05 Å². The second-order valence-electron chi connectivity index (χ2n) is 6.08. The van der Waals surface area contributed by atoms with Crippen LogP contribution in [0.4, 0.5) is 4.79 Å². The zero-order valence-corrected chi connectivity index (χ0v) is 14.9. The fourth-order valence-corrected chi connectivity index (χ4v) is 2.89. The van der Waals surface area contributed by atoms with Crippen LogP contribution in [0.2, 0.25) is 0 Å². The van der Waals surface area contributed by atoms with E-state index in [1.165, 1.54) is 0 Å². The van der Waals surface area contributed by atoms with Gasteiger partial charge in [0, 0.05) is 20.1 Å². The third-order valence-electron chi connectivity index (χ3n) is 4.30. The molecular formula is C20H21N5O. The maximum absolute atomic E-state index is 12.4. The summed E-state index contributed by atoms with van der Waals surface area (Å²) in [6.45, 7) is 3.72. The molecule has 0 atom stereocenters. The van der Waals surface area contributed by atoms with E-state index in [2.05, 4.69) is 27.9 Å². The molecule has 0 unspecified atom stereocenters. The van der Waals surface area contributed by atoms with Crippen LogP contribution in [0.1, 0.15) is 23.9 Å². The van der Waals surface area contributed by atoms with Crippen molar-refractivity contribution in [3.63, 3.8) is 0 Å². The van der Waals surface area contributed by atoms with E-state index >= 15 is 0 Å². The molecule has 2 amide bonds. The third kappa shape index (κ3) is 3.67. The normalized spacial score (nSPS) is 10.5. The second kappa shape index (κ2) is 7.70. The number of hydrogen-bond donors (Lipinski definition) is 1. The molecule has 1 heterocycles. The maximum atomic E-state index is 12.4. The van der Waals surface area contributed by atoms with Crippen LogP contribution < -0.4 is 5.32 Å². The molecule has 6 nitrogen and oxygen atoms in total. The van der Waals surface area contributed by atoms with E-state index < -0.39 is 0 Å². The minimum Gasteiger partial charge on any atom is -0.334 e. The van der Waals surface area contributed by atoms with Crippen molar-refractivity contribution in [2.45, 2.75) is 26.6 Å². The van der Waals surface area contributed by atoms with Crippen LogP contribution >= 0.6 is 0 Å². The number of amides is 2. The predicted octanol–water partition coefficient (Wildman–Crippen LogP) is 3.27. The summed E-state index contributed by atoms with van der Waals surface area (Å²) in [5.74, 6) is 0.865. The van der Waals surface area contributed by atoms with Crippen molar-refractivity contribution >= 4 is 17.1 Å². The highest BCUT2D eigenvalue weighted by Crippen LogP contribution is 2.17. The summed E-state index contributed by atoms with van der Waals surface area (Å²) in [6, 6.07) is 17.1. The molecular weight excluding hydrogens is 326 g/mol. The molecule has 0 saturated heterocycles. The number of para-hydroxylation sites is 2. The van der Waals surface area contributed by atoms with Gasteiger partial charge in [0.05, 0.1) is 29.2 Å². The van der Waals surface area contributed by atoms with Gasteiger partial charge in [0.15, 0.2) is 0 Å². The molecule has 0 saturated carbocycles. The van der Waals surface area contributed by atoms with E-state index in [1.807, 2.05) is 36.4 Å². The molecule has 0 bridgehead atoms. The Morgan fingerprint density at radius 3 is 2.65 bits per heavy atom.